The van der Waals surface area contributed by atoms with E-state index in [1.165, 1.54) is 0 Å². The highest BCUT2D eigenvalue weighted by Crippen LogP contribution is 2.43. The fraction of sp³-hybridized carbons (Fsp3) is 0.0465. The Hall–Kier alpha value is -6.13. The van der Waals surface area contributed by atoms with E-state index in [0.29, 0.717) is 17.0 Å². The molecule has 0 atom stereocenters. The van der Waals surface area contributed by atoms with Gasteiger partial charge in [0.25, 0.3) is 0 Å². The molecule has 0 N–H and O–H groups in total. The molecule has 0 saturated heterocycles. The number of aromatic nitrogens is 3. The second-order valence-corrected chi connectivity index (χ2v) is 11.8. The summed E-state index contributed by atoms with van der Waals surface area (Å²) in [5.41, 5.74) is 8.75. The zero-order valence-electron chi connectivity index (χ0n) is 28.7. The normalized spacial score (nSPS) is 12.8. The standard InChI is InChI=1S/C43H31N3O/c1-28-25-36(29-13-11-14-30(26-29)47-2)44-27-35(28)43-41(45-37-19-7-3-15-31(37)32-16-4-8-20-38(32)45)23-12-24-42(43)46-39-21-9-5-17-33(39)34-18-6-10-22-40(34)46/h3-27H,1-2H3/i1D3. The Morgan fingerprint density at radius 2 is 1.04 bits per heavy atom. The van der Waals surface area contributed by atoms with Crippen LogP contribution in [-0.2, 0) is 0 Å². The predicted octanol–water partition coefficient (Wildman–Crippen LogP) is 10.9. The topological polar surface area (TPSA) is 32.0 Å². The third-order valence-electron chi connectivity index (χ3n) is 9.20. The van der Waals surface area contributed by atoms with Gasteiger partial charge in [-0.15, -0.1) is 0 Å². The first-order chi connectivity index (χ1) is 24.4. The number of aryl methyl sites for hydroxylation is 1. The van der Waals surface area contributed by atoms with E-state index >= 15 is 0 Å². The quantitative estimate of drug-likeness (QED) is 0.195. The van der Waals surface area contributed by atoms with Gasteiger partial charge in [0.1, 0.15) is 5.75 Å². The third kappa shape index (κ3) is 4.19. The molecule has 0 aliphatic carbocycles. The number of hydrogen-bond donors (Lipinski definition) is 0. The minimum Gasteiger partial charge on any atom is -0.497 e. The van der Waals surface area contributed by atoms with E-state index in [-0.39, 0.29) is 5.56 Å². The molecule has 9 aromatic rings. The molecule has 6 aromatic carbocycles. The van der Waals surface area contributed by atoms with Crippen LogP contribution in [0.25, 0.3) is 77.4 Å². The number of nitrogens with zero attached hydrogens (tertiary/aromatic N) is 3. The second-order valence-electron chi connectivity index (χ2n) is 11.8. The van der Waals surface area contributed by atoms with Crippen molar-refractivity contribution in [3.63, 3.8) is 0 Å². The van der Waals surface area contributed by atoms with Crippen LogP contribution in [0.4, 0.5) is 0 Å². The van der Waals surface area contributed by atoms with Crippen molar-refractivity contribution in [1.82, 2.24) is 14.1 Å². The van der Waals surface area contributed by atoms with E-state index in [4.69, 9.17) is 13.8 Å². The van der Waals surface area contributed by atoms with E-state index in [9.17, 15) is 0 Å². The van der Waals surface area contributed by atoms with Crippen LogP contribution in [0.3, 0.4) is 0 Å². The van der Waals surface area contributed by atoms with Crippen molar-refractivity contribution in [1.29, 1.82) is 0 Å². The molecule has 0 amide bonds. The summed E-state index contributed by atoms with van der Waals surface area (Å²) in [6.07, 6.45) is 1.74. The monoisotopic (exact) mass is 608 g/mol. The molecule has 0 saturated carbocycles. The van der Waals surface area contributed by atoms with Crippen molar-refractivity contribution < 1.29 is 8.85 Å². The molecule has 0 bridgehead atoms. The van der Waals surface area contributed by atoms with Crippen molar-refractivity contribution >= 4 is 43.6 Å². The van der Waals surface area contributed by atoms with Gasteiger partial charge in [-0.05, 0) is 67.0 Å². The Morgan fingerprint density at radius 1 is 0.553 bits per heavy atom. The Morgan fingerprint density at radius 3 is 1.53 bits per heavy atom. The summed E-state index contributed by atoms with van der Waals surface area (Å²) < 4.78 is 36.6. The summed E-state index contributed by atoms with van der Waals surface area (Å²) in [6.45, 7) is -2.45. The first-order valence-corrected chi connectivity index (χ1v) is 15.7. The predicted molar refractivity (Wildman–Crippen MR) is 195 cm³/mol. The molecule has 224 valence electrons. The Balaban J connectivity index is 1.44. The zero-order chi connectivity index (χ0) is 34.0. The van der Waals surface area contributed by atoms with Crippen LogP contribution in [-0.4, -0.2) is 21.2 Å². The van der Waals surface area contributed by atoms with Crippen LogP contribution in [0.5, 0.6) is 5.75 Å². The molecule has 0 aliphatic heterocycles. The van der Waals surface area contributed by atoms with Crippen molar-refractivity contribution in [2.24, 2.45) is 0 Å². The summed E-state index contributed by atoms with van der Waals surface area (Å²) in [7, 11) is 1.62. The highest BCUT2D eigenvalue weighted by Gasteiger charge is 2.22. The van der Waals surface area contributed by atoms with Gasteiger partial charge < -0.3 is 13.9 Å². The van der Waals surface area contributed by atoms with Gasteiger partial charge in [-0.3, -0.25) is 4.98 Å². The highest BCUT2D eigenvalue weighted by molar-refractivity contribution is 6.12. The molecule has 0 fully saturated rings. The van der Waals surface area contributed by atoms with E-state index < -0.39 is 6.85 Å². The fourth-order valence-electron chi connectivity index (χ4n) is 7.14. The minimum absolute atomic E-state index is 0.223. The Labute approximate surface area is 277 Å². The van der Waals surface area contributed by atoms with Gasteiger partial charge in [0, 0.05) is 48.5 Å². The smallest absolute Gasteiger partial charge is 0.119 e. The summed E-state index contributed by atoms with van der Waals surface area (Å²) in [4.78, 5) is 4.94. The maximum absolute atomic E-state index is 8.88. The molecule has 0 unspecified atom stereocenters. The number of ether oxygens (including phenoxy) is 1. The molecule has 3 aromatic heterocycles. The molecule has 0 aliphatic rings. The average molecular weight is 609 g/mol. The van der Waals surface area contributed by atoms with E-state index in [2.05, 4.69) is 100 Å². The third-order valence-corrected chi connectivity index (χ3v) is 9.20. The lowest BCUT2D eigenvalue weighted by Crippen LogP contribution is -2.05. The first kappa shape index (κ1) is 24.1. The van der Waals surface area contributed by atoms with Crippen LogP contribution in [0, 0.1) is 6.85 Å². The van der Waals surface area contributed by atoms with Crippen molar-refractivity contribution in [3.8, 4) is 39.5 Å². The van der Waals surface area contributed by atoms with Crippen LogP contribution in [0.2, 0.25) is 0 Å². The van der Waals surface area contributed by atoms with E-state index in [1.807, 2.05) is 48.5 Å². The largest absolute Gasteiger partial charge is 0.497 e. The summed E-state index contributed by atoms with van der Waals surface area (Å²) in [5.74, 6) is 0.675. The molecule has 9 rings (SSSR count). The van der Waals surface area contributed by atoms with Crippen molar-refractivity contribution in [2.75, 3.05) is 7.11 Å². The highest BCUT2D eigenvalue weighted by atomic mass is 16.5. The van der Waals surface area contributed by atoms with Gasteiger partial charge in [0.05, 0.1) is 46.2 Å². The van der Waals surface area contributed by atoms with E-state index in [0.717, 1.165) is 66.1 Å². The van der Waals surface area contributed by atoms with Crippen molar-refractivity contribution in [3.05, 3.63) is 157 Å². The average Bonchev–Trinajstić information content (AvgIpc) is 3.67. The number of methoxy groups -OCH3 is 1. The maximum Gasteiger partial charge on any atom is 0.119 e. The van der Waals surface area contributed by atoms with Crippen LogP contribution in [0.15, 0.2) is 152 Å². The van der Waals surface area contributed by atoms with Crippen LogP contribution >= 0.6 is 0 Å². The summed E-state index contributed by atoms with van der Waals surface area (Å²) in [5, 5.41) is 4.50. The lowest BCUT2D eigenvalue weighted by atomic mass is 9.96. The van der Waals surface area contributed by atoms with Gasteiger partial charge in [-0.1, -0.05) is 91.0 Å². The SMILES string of the molecule is [2H]C([2H])([2H])c1cc(-c2cccc(OC)c2)ncc1-c1c(-n2c3ccccc3c3ccccc32)cccc1-n1c2ccccc2c2ccccc21. The number of benzene rings is 6. The Kier molecular flexibility index (Phi) is 5.52. The van der Waals surface area contributed by atoms with Gasteiger partial charge >= 0.3 is 0 Å². The van der Waals surface area contributed by atoms with Gasteiger partial charge in [-0.2, -0.15) is 0 Å². The fourth-order valence-corrected chi connectivity index (χ4v) is 7.14. The number of rotatable bonds is 5. The molecule has 47 heavy (non-hydrogen) atoms. The van der Waals surface area contributed by atoms with Gasteiger partial charge in [0.2, 0.25) is 0 Å². The zero-order valence-corrected chi connectivity index (χ0v) is 25.7. The molecule has 4 heteroatoms. The van der Waals surface area contributed by atoms with Gasteiger partial charge in [0.15, 0.2) is 0 Å². The summed E-state index contributed by atoms with van der Waals surface area (Å²) in [6, 6.07) is 49.0. The molecular formula is C43H31N3O. The molecule has 4 nitrogen and oxygen atoms in total. The molecular weight excluding hydrogens is 574 g/mol. The van der Waals surface area contributed by atoms with E-state index in [1.54, 1.807) is 19.4 Å². The number of para-hydroxylation sites is 4. The number of fused-ring (bicyclic) bond motifs is 6. The number of pyridine rings is 1. The second kappa shape index (κ2) is 10.7. The maximum atomic E-state index is 8.88. The minimum atomic E-state index is -2.45. The first-order valence-electron chi connectivity index (χ1n) is 17.2. The molecule has 0 spiro atoms. The molecule has 3 heterocycles. The number of hydrogen-bond acceptors (Lipinski definition) is 2. The van der Waals surface area contributed by atoms with Gasteiger partial charge in [-0.25, -0.2) is 0 Å². The lowest BCUT2D eigenvalue weighted by Gasteiger charge is -2.21. The van der Waals surface area contributed by atoms with Crippen LogP contribution < -0.4 is 4.74 Å². The Bertz CT molecular complexity index is 2520. The van der Waals surface area contributed by atoms with Crippen molar-refractivity contribution in [2.45, 2.75) is 6.85 Å². The lowest BCUT2D eigenvalue weighted by molar-refractivity contribution is 0.415. The molecule has 0 radical (unpaired) electrons. The van der Waals surface area contributed by atoms with Crippen LogP contribution in [0.1, 0.15) is 9.68 Å². The summed E-state index contributed by atoms with van der Waals surface area (Å²) >= 11 is 0.